The third-order valence-electron chi connectivity index (χ3n) is 10.6. The number of carboxylic acids is 1. The maximum Gasteiger partial charge on any atom is 0.311 e. The lowest BCUT2D eigenvalue weighted by Crippen LogP contribution is -2.59. The number of nitrogens with one attached hydrogen (secondary N) is 3. The largest absolute Gasteiger partial charge is 0.508 e. The summed E-state index contributed by atoms with van der Waals surface area (Å²) >= 11 is 1.33. The normalized spacial score (nSPS) is 19.0. The molecule has 0 fully saturated rings. The first-order chi connectivity index (χ1) is 25.2. The molecule has 296 valence electrons. The molecule has 1 aromatic carbocycles. The molecule has 3 amide bonds. The van der Waals surface area contributed by atoms with Gasteiger partial charge in [-0.25, -0.2) is 4.98 Å². The maximum atomic E-state index is 14.6. The van der Waals surface area contributed by atoms with E-state index in [-0.39, 0.29) is 53.5 Å². The van der Waals surface area contributed by atoms with Gasteiger partial charge in [-0.2, -0.15) is 0 Å². The molecule has 12 nitrogen and oxygen atoms in total. The van der Waals surface area contributed by atoms with Crippen LogP contribution in [0, 0.1) is 17.8 Å². The van der Waals surface area contributed by atoms with Gasteiger partial charge in [0.1, 0.15) is 28.6 Å². The Morgan fingerprint density at radius 2 is 1.70 bits per heavy atom. The predicted octanol–water partition coefficient (Wildman–Crippen LogP) is 6.05. The molecule has 13 heteroatoms. The molecule has 0 saturated heterocycles. The van der Waals surface area contributed by atoms with Crippen molar-refractivity contribution in [3.63, 3.8) is 0 Å². The van der Waals surface area contributed by atoms with Crippen molar-refractivity contribution in [3.8, 4) is 5.75 Å². The van der Waals surface area contributed by atoms with E-state index >= 15 is 0 Å². The Kier molecular flexibility index (Phi) is 17.2. The van der Waals surface area contributed by atoms with Gasteiger partial charge in [-0.15, -0.1) is 11.3 Å². The number of phenolic OH excluding ortho intramolecular Hbond substituents is 1. The van der Waals surface area contributed by atoms with Gasteiger partial charge >= 0.3 is 5.97 Å². The van der Waals surface area contributed by atoms with E-state index in [2.05, 4.69) is 29.8 Å². The molecular formula is C40H63N5O7S. The van der Waals surface area contributed by atoms with Gasteiger partial charge in [-0.1, -0.05) is 74.3 Å². The Hall–Kier alpha value is -3.55. The van der Waals surface area contributed by atoms with Crippen LogP contribution in [0.4, 0.5) is 0 Å². The van der Waals surface area contributed by atoms with E-state index in [1.54, 1.807) is 18.5 Å². The number of hydrogen-bond donors (Lipinski definition) is 5. The minimum atomic E-state index is -1.01. The summed E-state index contributed by atoms with van der Waals surface area (Å²) in [5, 5.41) is 31.4. The fourth-order valence-electron chi connectivity index (χ4n) is 7.17. The highest BCUT2D eigenvalue weighted by Crippen LogP contribution is 2.35. The molecule has 8 atom stereocenters. The third-order valence-corrected chi connectivity index (χ3v) is 11.6. The summed E-state index contributed by atoms with van der Waals surface area (Å²) in [7, 11) is 1.77. The van der Waals surface area contributed by atoms with Gasteiger partial charge in [-0.05, 0) is 73.7 Å². The number of carboxylic acid groups (broad SMARTS) is 1. The van der Waals surface area contributed by atoms with Crippen molar-refractivity contribution in [2.45, 2.75) is 137 Å². The van der Waals surface area contributed by atoms with E-state index < -0.39 is 42.0 Å². The van der Waals surface area contributed by atoms with Crippen molar-refractivity contribution >= 4 is 35.0 Å². The van der Waals surface area contributed by atoms with Gasteiger partial charge in [0.15, 0.2) is 0 Å². The fourth-order valence-corrected chi connectivity index (χ4v) is 8.03. The minimum Gasteiger partial charge on any atom is -0.508 e. The monoisotopic (exact) mass is 757 g/mol. The quantitative estimate of drug-likeness (QED) is 0.102. The van der Waals surface area contributed by atoms with Gasteiger partial charge in [0.05, 0.1) is 12.0 Å². The number of aromatic hydroxyl groups is 1. The van der Waals surface area contributed by atoms with Gasteiger partial charge in [0.25, 0.3) is 5.91 Å². The molecule has 0 aliphatic heterocycles. The lowest BCUT2D eigenvalue weighted by atomic mass is 9.80. The van der Waals surface area contributed by atoms with Crippen molar-refractivity contribution in [1.82, 2.24) is 25.8 Å². The van der Waals surface area contributed by atoms with Crippen LogP contribution in [-0.4, -0.2) is 88.2 Å². The second kappa shape index (κ2) is 20.8. The molecule has 1 heterocycles. The average molecular weight is 758 g/mol. The zero-order chi connectivity index (χ0) is 39.4. The van der Waals surface area contributed by atoms with Gasteiger partial charge in [-0.3, -0.25) is 19.2 Å². The Morgan fingerprint density at radius 1 is 1.02 bits per heavy atom. The average Bonchev–Trinajstić information content (AvgIpc) is 3.63. The zero-order valence-corrected chi connectivity index (χ0v) is 33.9. The second-order valence-corrected chi connectivity index (χ2v) is 15.8. The number of amides is 3. The molecule has 2 aromatic rings. The second-order valence-electron chi connectivity index (χ2n) is 14.9. The highest BCUT2D eigenvalue weighted by Gasteiger charge is 2.38. The van der Waals surface area contributed by atoms with Gasteiger partial charge < -0.3 is 35.8 Å². The Bertz CT molecular complexity index is 1520. The zero-order valence-electron chi connectivity index (χ0n) is 33.1. The van der Waals surface area contributed by atoms with E-state index in [1.165, 1.54) is 23.5 Å². The van der Waals surface area contributed by atoms with Crippen LogP contribution in [0.15, 0.2) is 23.6 Å². The number of hydrogen-bond acceptors (Lipinski definition) is 9. The molecule has 1 aliphatic rings. The fraction of sp³-hybridized carbons (Fsp3) is 0.675. The summed E-state index contributed by atoms with van der Waals surface area (Å²) in [6, 6.07) is 2.95. The Balaban J connectivity index is 1.86. The summed E-state index contributed by atoms with van der Waals surface area (Å²) in [4.78, 5) is 60.4. The number of phenols is 1. The van der Waals surface area contributed by atoms with Gasteiger partial charge in [0, 0.05) is 37.0 Å². The van der Waals surface area contributed by atoms with Crippen LogP contribution in [0.25, 0.3) is 0 Å². The van der Waals surface area contributed by atoms with Crippen LogP contribution < -0.4 is 16.0 Å². The standard InChI is InChI=1S/C40H63N5O7S/c1-10-16-45(39(49)35(25(8)13-4)44-37(48)34(41-9)24(7)12-3)32(23(5)6)21-33(52-17-11-2)38-43-31(22-53-38)36(47)42-27-18-26-14-15-28(46)20-29(26)30(19-27)40(50)51/h14-15,20,22-25,27,30,32-35,41,46H,10-13,16-19,21H2,1-9H3,(H,42,47)(H,44,48)(H,50,51)/t24-,25-,27-,30+,32?,33+,34+,35-/m0/s1. The highest BCUT2D eigenvalue weighted by atomic mass is 32.1. The molecule has 3 rings (SSSR count). The number of aliphatic carboxylic acids is 1. The summed E-state index contributed by atoms with van der Waals surface area (Å²) < 4.78 is 6.39. The topological polar surface area (TPSA) is 170 Å². The first-order valence-electron chi connectivity index (χ1n) is 19.4. The third kappa shape index (κ3) is 11.5. The number of fused-ring (bicyclic) bond motifs is 1. The van der Waals surface area contributed by atoms with Crippen molar-refractivity contribution in [2.24, 2.45) is 17.8 Å². The number of aromatic nitrogens is 1. The minimum absolute atomic E-state index is 0.0102. The summed E-state index contributed by atoms with van der Waals surface area (Å²) in [5.41, 5.74) is 1.56. The molecule has 1 aliphatic carbocycles. The lowest BCUT2D eigenvalue weighted by molar-refractivity contribution is -0.142. The molecule has 0 radical (unpaired) electrons. The number of ether oxygens (including phenoxy) is 1. The Morgan fingerprint density at radius 3 is 2.28 bits per heavy atom. The van der Waals surface area contributed by atoms with Crippen molar-refractivity contribution in [2.75, 3.05) is 20.2 Å². The smallest absolute Gasteiger partial charge is 0.311 e. The van der Waals surface area contributed by atoms with E-state index in [0.29, 0.717) is 36.6 Å². The molecule has 1 unspecified atom stereocenters. The van der Waals surface area contributed by atoms with E-state index in [0.717, 1.165) is 31.2 Å². The molecule has 0 saturated carbocycles. The number of benzene rings is 1. The number of rotatable bonds is 21. The van der Waals surface area contributed by atoms with Crippen LogP contribution in [0.1, 0.15) is 133 Å². The van der Waals surface area contributed by atoms with Crippen LogP contribution in [-0.2, 0) is 25.5 Å². The molecule has 53 heavy (non-hydrogen) atoms. The number of carbonyl (C=O) groups excluding carboxylic acids is 3. The molecule has 5 N–H and O–H groups in total. The summed E-state index contributed by atoms with van der Waals surface area (Å²) in [5.74, 6) is -2.47. The summed E-state index contributed by atoms with van der Waals surface area (Å²) in [6.45, 7) is 17.3. The lowest BCUT2D eigenvalue weighted by Gasteiger charge is -2.39. The number of likely N-dealkylation sites (N-methyl/N-ethyl adjacent to an activating group) is 1. The maximum absolute atomic E-state index is 14.6. The van der Waals surface area contributed by atoms with E-state index in [4.69, 9.17) is 9.72 Å². The van der Waals surface area contributed by atoms with Crippen molar-refractivity contribution in [1.29, 1.82) is 0 Å². The highest BCUT2D eigenvalue weighted by molar-refractivity contribution is 7.09. The van der Waals surface area contributed by atoms with Gasteiger partial charge in [0.2, 0.25) is 11.8 Å². The molecule has 0 bridgehead atoms. The summed E-state index contributed by atoms with van der Waals surface area (Å²) in [6.07, 6.45) is 3.66. The first-order valence-corrected chi connectivity index (χ1v) is 20.3. The van der Waals surface area contributed by atoms with Crippen LogP contribution in [0.3, 0.4) is 0 Å². The predicted molar refractivity (Wildman–Crippen MR) is 208 cm³/mol. The van der Waals surface area contributed by atoms with Crippen LogP contribution >= 0.6 is 11.3 Å². The molecule has 1 aromatic heterocycles. The van der Waals surface area contributed by atoms with Crippen LogP contribution in [0.2, 0.25) is 0 Å². The van der Waals surface area contributed by atoms with Crippen LogP contribution in [0.5, 0.6) is 5.75 Å². The van der Waals surface area contributed by atoms with E-state index in [1.807, 2.05) is 46.4 Å². The SMILES string of the molecule is CCCO[C@H](CC(C(C)C)N(CCC)C(=O)[C@@H](NC(=O)[C@H](NC)[C@@H](C)CC)[C@@H](C)CC)c1nc(C(=O)N[C@H]2Cc3ccc(O)cc3[C@H](C(=O)O)C2)cs1. The Labute approximate surface area is 319 Å². The molecule has 0 spiro atoms. The van der Waals surface area contributed by atoms with E-state index in [9.17, 15) is 29.4 Å². The number of nitrogens with zero attached hydrogens (tertiary/aromatic N) is 2. The molecular weight excluding hydrogens is 695 g/mol. The first kappa shape index (κ1) is 43.9. The number of thiazole rings is 1. The number of carbonyl (C=O) groups is 4. The van der Waals surface area contributed by atoms with Crippen molar-refractivity contribution in [3.05, 3.63) is 45.4 Å². The van der Waals surface area contributed by atoms with Crippen molar-refractivity contribution < 1.29 is 34.1 Å².